The van der Waals surface area contributed by atoms with Crippen LogP contribution in [0.2, 0.25) is 0 Å². The van der Waals surface area contributed by atoms with Gasteiger partial charge in [0.25, 0.3) is 0 Å². The SMILES string of the molecule is CCCCCC(=O)CC(=O)C1CCOC1. The highest BCUT2D eigenvalue weighted by Gasteiger charge is 2.24. The van der Waals surface area contributed by atoms with Gasteiger partial charge in [-0.1, -0.05) is 19.8 Å². The van der Waals surface area contributed by atoms with Crippen LogP contribution in [0.4, 0.5) is 0 Å². The summed E-state index contributed by atoms with van der Waals surface area (Å²) in [7, 11) is 0. The fourth-order valence-electron chi connectivity index (χ4n) is 1.79. The molecule has 0 aromatic heterocycles. The third kappa shape index (κ3) is 4.56. The van der Waals surface area contributed by atoms with Gasteiger partial charge in [0.05, 0.1) is 13.0 Å². The average Bonchev–Trinajstić information content (AvgIpc) is 2.70. The third-order valence-corrected chi connectivity index (χ3v) is 2.82. The normalized spacial score (nSPS) is 20.5. The Balaban J connectivity index is 2.16. The Kier molecular flexibility index (Phi) is 5.54. The van der Waals surface area contributed by atoms with E-state index in [4.69, 9.17) is 4.74 Å². The summed E-state index contributed by atoms with van der Waals surface area (Å²) >= 11 is 0. The van der Waals surface area contributed by atoms with Crippen molar-refractivity contribution in [2.45, 2.75) is 45.4 Å². The van der Waals surface area contributed by atoms with Gasteiger partial charge in [-0.25, -0.2) is 0 Å². The number of ketones is 2. The Bertz CT molecular complexity index is 217. The van der Waals surface area contributed by atoms with Crippen molar-refractivity contribution in [1.29, 1.82) is 0 Å². The molecule has 1 aliphatic heterocycles. The average molecular weight is 212 g/mol. The molecule has 1 unspecified atom stereocenters. The lowest BCUT2D eigenvalue weighted by Gasteiger charge is -2.05. The molecule has 0 bridgehead atoms. The predicted octanol–water partition coefficient (Wildman–Crippen LogP) is 2.13. The summed E-state index contributed by atoms with van der Waals surface area (Å²) in [5.74, 6) is 0.162. The summed E-state index contributed by atoms with van der Waals surface area (Å²) in [4.78, 5) is 23.0. The minimum Gasteiger partial charge on any atom is -0.381 e. The standard InChI is InChI=1S/C12H20O3/c1-2-3-4-5-11(13)8-12(14)10-6-7-15-9-10/h10H,2-9H2,1H3. The molecule has 0 spiro atoms. The van der Waals surface area contributed by atoms with Crippen LogP contribution in [0.25, 0.3) is 0 Å². The Morgan fingerprint density at radius 3 is 2.73 bits per heavy atom. The number of carbonyl (C=O) groups is 2. The van der Waals surface area contributed by atoms with Gasteiger partial charge in [0.15, 0.2) is 0 Å². The monoisotopic (exact) mass is 212 g/mol. The second-order valence-electron chi connectivity index (χ2n) is 4.20. The van der Waals surface area contributed by atoms with Gasteiger partial charge in [-0.3, -0.25) is 9.59 Å². The quantitative estimate of drug-likeness (QED) is 0.479. The minimum absolute atomic E-state index is 0.0138. The van der Waals surface area contributed by atoms with Gasteiger partial charge < -0.3 is 4.74 Å². The number of hydrogen-bond donors (Lipinski definition) is 0. The zero-order valence-electron chi connectivity index (χ0n) is 9.46. The van der Waals surface area contributed by atoms with Crippen LogP contribution in [0, 0.1) is 5.92 Å². The number of carbonyl (C=O) groups excluding carboxylic acids is 2. The molecule has 0 radical (unpaired) electrons. The first-order valence-corrected chi connectivity index (χ1v) is 5.86. The fraction of sp³-hybridized carbons (Fsp3) is 0.833. The number of Topliss-reactive ketones (excluding diaryl/α,β-unsaturated/α-hetero) is 2. The fourth-order valence-corrected chi connectivity index (χ4v) is 1.79. The van der Waals surface area contributed by atoms with E-state index in [1.54, 1.807) is 0 Å². The molecule has 0 aromatic rings. The van der Waals surface area contributed by atoms with Crippen molar-refractivity contribution in [2.75, 3.05) is 13.2 Å². The second-order valence-corrected chi connectivity index (χ2v) is 4.20. The molecule has 0 aromatic carbocycles. The van der Waals surface area contributed by atoms with Crippen molar-refractivity contribution in [3.8, 4) is 0 Å². The number of rotatable bonds is 7. The van der Waals surface area contributed by atoms with Gasteiger partial charge in [-0.05, 0) is 12.8 Å². The van der Waals surface area contributed by atoms with Crippen molar-refractivity contribution in [3.05, 3.63) is 0 Å². The molecular weight excluding hydrogens is 192 g/mol. The first-order chi connectivity index (χ1) is 7.24. The molecule has 1 atom stereocenters. The van der Waals surface area contributed by atoms with Crippen molar-refractivity contribution >= 4 is 11.6 Å². The molecule has 0 amide bonds. The van der Waals surface area contributed by atoms with E-state index in [0.29, 0.717) is 19.6 Å². The van der Waals surface area contributed by atoms with Gasteiger partial charge in [0.2, 0.25) is 0 Å². The lowest BCUT2D eigenvalue weighted by atomic mass is 9.97. The Labute approximate surface area is 91.2 Å². The molecule has 1 heterocycles. The molecule has 1 rings (SSSR count). The molecule has 15 heavy (non-hydrogen) atoms. The summed E-state index contributed by atoms with van der Waals surface area (Å²) in [5.41, 5.74) is 0. The van der Waals surface area contributed by atoms with Crippen LogP contribution >= 0.6 is 0 Å². The Morgan fingerprint density at radius 2 is 2.13 bits per heavy atom. The van der Waals surface area contributed by atoms with E-state index in [1.807, 2.05) is 0 Å². The molecule has 3 heteroatoms. The number of hydrogen-bond acceptors (Lipinski definition) is 3. The molecule has 86 valence electrons. The third-order valence-electron chi connectivity index (χ3n) is 2.82. The van der Waals surface area contributed by atoms with Crippen LogP contribution in [-0.4, -0.2) is 24.8 Å². The summed E-state index contributed by atoms with van der Waals surface area (Å²) in [6.45, 7) is 3.28. The molecule has 1 saturated heterocycles. The molecule has 1 fully saturated rings. The highest BCUT2D eigenvalue weighted by molar-refractivity contribution is 6.00. The first-order valence-electron chi connectivity index (χ1n) is 5.86. The van der Waals surface area contributed by atoms with Crippen LogP contribution < -0.4 is 0 Å². The minimum atomic E-state index is -0.0138. The van der Waals surface area contributed by atoms with E-state index in [0.717, 1.165) is 25.7 Å². The van der Waals surface area contributed by atoms with Crippen molar-refractivity contribution in [3.63, 3.8) is 0 Å². The zero-order chi connectivity index (χ0) is 11.1. The molecule has 0 N–H and O–H groups in total. The van der Waals surface area contributed by atoms with Crippen LogP contribution in [0.3, 0.4) is 0 Å². The van der Waals surface area contributed by atoms with Crippen molar-refractivity contribution in [1.82, 2.24) is 0 Å². The van der Waals surface area contributed by atoms with Gasteiger partial charge in [-0.15, -0.1) is 0 Å². The zero-order valence-corrected chi connectivity index (χ0v) is 9.46. The topological polar surface area (TPSA) is 43.4 Å². The lowest BCUT2D eigenvalue weighted by Crippen LogP contribution is -2.18. The molecule has 0 aliphatic carbocycles. The van der Waals surface area contributed by atoms with E-state index in [-0.39, 0.29) is 23.9 Å². The predicted molar refractivity (Wildman–Crippen MR) is 57.7 cm³/mol. The van der Waals surface area contributed by atoms with Crippen molar-refractivity contribution < 1.29 is 14.3 Å². The summed E-state index contributed by atoms with van der Waals surface area (Å²) in [5, 5.41) is 0. The van der Waals surface area contributed by atoms with E-state index < -0.39 is 0 Å². The lowest BCUT2D eigenvalue weighted by molar-refractivity contribution is -0.129. The largest absolute Gasteiger partial charge is 0.381 e. The summed E-state index contributed by atoms with van der Waals surface area (Å²) in [6.07, 6.45) is 4.58. The van der Waals surface area contributed by atoms with Crippen LogP contribution in [0.1, 0.15) is 45.4 Å². The molecule has 0 saturated carbocycles. The van der Waals surface area contributed by atoms with Gasteiger partial charge in [-0.2, -0.15) is 0 Å². The highest BCUT2D eigenvalue weighted by atomic mass is 16.5. The van der Waals surface area contributed by atoms with Crippen LogP contribution in [0.5, 0.6) is 0 Å². The van der Waals surface area contributed by atoms with E-state index in [1.165, 1.54) is 0 Å². The van der Waals surface area contributed by atoms with Gasteiger partial charge in [0, 0.05) is 18.9 Å². The maximum Gasteiger partial charge on any atom is 0.145 e. The van der Waals surface area contributed by atoms with Crippen LogP contribution in [-0.2, 0) is 14.3 Å². The Morgan fingerprint density at radius 1 is 1.33 bits per heavy atom. The highest BCUT2D eigenvalue weighted by Crippen LogP contribution is 2.15. The maximum absolute atomic E-state index is 11.6. The molecule has 1 aliphatic rings. The van der Waals surface area contributed by atoms with E-state index in [2.05, 4.69) is 6.92 Å². The molecule has 3 nitrogen and oxygen atoms in total. The van der Waals surface area contributed by atoms with E-state index >= 15 is 0 Å². The van der Waals surface area contributed by atoms with E-state index in [9.17, 15) is 9.59 Å². The molecular formula is C12H20O3. The number of ether oxygens (including phenoxy) is 1. The Hall–Kier alpha value is -0.700. The number of unbranched alkanes of at least 4 members (excludes halogenated alkanes) is 2. The maximum atomic E-state index is 11.6. The second kappa shape index (κ2) is 6.72. The summed E-state index contributed by atoms with van der Waals surface area (Å²) in [6, 6.07) is 0. The summed E-state index contributed by atoms with van der Waals surface area (Å²) < 4.78 is 5.13. The van der Waals surface area contributed by atoms with Crippen molar-refractivity contribution in [2.24, 2.45) is 5.92 Å². The van der Waals surface area contributed by atoms with Gasteiger partial charge in [0.1, 0.15) is 11.6 Å². The first kappa shape index (κ1) is 12.4. The van der Waals surface area contributed by atoms with Crippen LogP contribution in [0.15, 0.2) is 0 Å². The van der Waals surface area contributed by atoms with Gasteiger partial charge >= 0.3 is 0 Å². The smallest absolute Gasteiger partial charge is 0.145 e.